The van der Waals surface area contributed by atoms with Gasteiger partial charge in [-0.15, -0.1) is 0 Å². The predicted octanol–water partition coefficient (Wildman–Crippen LogP) is 1.02. The quantitative estimate of drug-likeness (QED) is 0.763. The summed E-state index contributed by atoms with van der Waals surface area (Å²) in [6.07, 6.45) is 0. The zero-order chi connectivity index (χ0) is 16.4. The molecule has 2 aliphatic heterocycles. The summed E-state index contributed by atoms with van der Waals surface area (Å²) in [5, 5.41) is 0. The molecule has 0 saturated carbocycles. The predicted molar refractivity (Wildman–Crippen MR) is 90.6 cm³/mol. The highest BCUT2D eigenvalue weighted by molar-refractivity contribution is 9.10. The fourth-order valence-electron chi connectivity index (χ4n) is 3.23. The standard InChI is InChI=1S/C16H22BrFN4O/c1-11-8-13(18)3-2-12(11)10-21-4-6-22(7-5-21)14-9-19-20-16(23)15(14)17/h2-3,8,14-15,19H,4-7,9-10H2,1H3,(H,20,23). The van der Waals surface area contributed by atoms with E-state index in [4.69, 9.17) is 0 Å². The number of aryl methyl sites for hydroxylation is 1. The van der Waals surface area contributed by atoms with Crippen molar-refractivity contribution >= 4 is 21.8 Å². The van der Waals surface area contributed by atoms with Crippen LogP contribution in [0.3, 0.4) is 0 Å². The maximum absolute atomic E-state index is 13.2. The molecule has 0 radical (unpaired) electrons. The molecule has 3 rings (SSSR count). The van der Waals surface area contributed by atoms with Gasteiger partial charge in [0.25, 0.3) is 0 Å². The highest BCUT2D eigenvalue weighted by Crippen LogP contribution is 2.19. The van der Waals surface area contributed by atoms with Crippen LogP contribution in [-0.4, -0.2) is 59.3 Å². The van der Waals surface area contributed by atoms with Gasteiger partial charge >= 0.3 is 0 Å². The Labute approximate surface area is 144 Å². The molecule has 126 valence electrons. The van der Waals surface area contributed by atoms with E-state index in [-0.39, 0.29) is 22.6 Å². The summed E-state index contributed by atoms with van der Waals surface area (Å²) < 4.78 is 13.2. The summed E-state index contributed by atoms with van der Waals surface area (Å²) in [6.45, 7) is 7.32. The summed E-state index contributed by atoms with van der Waals surface area (Å²) in [6, 6.07) is 5.17. The van der Waals surface area contributed by atoms with Crippen LogP contribution in [0.1, 0.15) is 11.1 Å². The van der Waals surface area contributed by atoms with E-state index in [2.05, 4.69) is 36.6 Å². The number of piperazine rings is 1. The molecule has 5 nitrogen and oxygen atoms in total. The molecule has 0 bridgehead atoms. The van der Waals surface area contributed by atoms with Crippen LogP contribution in [0, 0.1) is 12.7 Å². The van der Waals surface area contributed by atoms with Crippen molar-refractivity contribution in [2.24, 2.45) is 0 Å². The van der Waals surface area contributed by atoms with Gasteiger partial charge in [0.1, 0.15) is 10.6 Å². The monoisotopic (exact) mass is 384 g/mol. The van der Waals surface area contributed by atoms with Gasteiger partial charge in [0.15, 0.2) is 0 Å². The van der Waals surface area contributed by atoms with E-state index in [1.807, 2.05) is 13.0 Å². The van der Waals surface area contributed by atoms with E-state index in [1.165, 1.54) is 11.6 Å². The Bertz CT molecular complexity index is 577. The highest BCUT2D eigenvalue weighted by Gasteiger charge is 2.35. The van der Waals surface area contributed by atoms with E-state index in [9.17, 15) is 9.18 Å². The van der Waals surface area contributed by atoms with Gasteiger partial charge in [0, 0.05) is 45.3 Å². The van der Waals surface area contributed by atoms with Crippen LogP contribution in [0.2, 0.25) is 0 Å². The minimum Gasteiger partial charge on any atom is -0.297 e. The number of halogens is 2. The molecule has 2 N–H and O–H groups in total. The topological polar surface area (TPSA) is 47.6 Å². The lowest BCUT2D eigenvalue weighted by Gasteiger charge is -2.42. The molecule has 23 heavy (non-hydrogen) atoms. The number of amides is 1. The van der Waals surface area contributed by atoms with Crippen LogP contribution in [0.15, 0.2) is 18.2 Å². The van der Waals surface area contributed by atoms with Crippen molar-refractivity contribution in [2.45, 2.75) is 24.3 Å². The second-order valence-corrected chi connectivity index (χ2v) is 7.21. The molecular weight excluding hydrogens is 363 g/mol. The first-order valence-corrected chi connectivity index (χ1v) is 8.84. The highest BCUT2D eigenvalue weighted by atomic mass is 79.9. The summed E-state index contributed by atoms with van der Waals surface area (Å²) >= 11 is 3.50. The number of nitrogens with one attached hydrogen (secondary N) is 2. The van der Waals surface area contributed by atoms with Gasteiger partial charge < -0.3 is 0 Å². The number of carbonyl (C=O) groups is 1. The van der Waals surface area contributed by atoms with Crippen molar-refractivity contribution in [1.82, 2.24) is 20.7 Å². The first-order chi connectivity index (χ1) is 11.0. The third-order valence-electron chi connectivity index (χ3n) is 4.69. The van der Waals surface area contributed by atoms with Crippen LogP contribution >= 0.6 is 15.9 Å². The first-order valence-electron chi connectivity index (χ1n) is 7.93. The van der Waals surface area contributed by atoms with Gasteiger partial charge in [0.05, 0.1) is 0 Å². The Kier molecular flexibility index (Phi) is 5.31. The molecule has 2 atom stereocenters. The third kappa shape index (κ3) is 3.91. The molecule has 2 unspecified atom stereocenters. The average Bonchev–Trinajstić information content (AvgIpc) is 2.54. The van der Waals surface area contributed by atoms with E-state index >= 15 is 0 Å². The fourth-order valence-corrected chi connectivity index (χ4v) is 3.87. The van der Waals surface area contributed by atoms with Crippen LogP contribution in [0.25, 0.3) is 0 Å². The molecular formula is C16H22BrFN4O. The zero-order valence-corrected chi connectivity index (χ0v) is 14.8. The minimum absolute atomic E-state index is 0.00869. The number of alkyl halides is 1. The molecule has 7 heteroatoms. The Hall–Kier alpha value is -1.02. The number of rotatable bonds is 3. The molecule has 1 amide bonds. The Morgan fingerprint density at radius 2 is 2.04 bits per heavy atom. The molecule has 0 spiro atoms. The molecule has 2 fully saturated rings. The smallest absolute Gasteiger partial charge is 0.249 e. The third-order valence-corrected chi connectivity index (χ3v) is 5.71. The summed E-state index contributed by atoms with van der Waals surface area (Å²) in [5.74, 6) is -0.187. The number of hydrogen-bond donors (Lipinski definition) is 2. The Morgan fingerprint density at radius 1 is 1.30 bits per heavy atom. The van der Waals surface area contributed by atoms with Gasteiger partial charge in [-0.2, -0.15) is 0 Å². The van der Waals surface area contributed by atoms with Crippen molar-refractivity contribution < 1.29 is 9.18 Å². The number of benzene rings is 1. The molecule has 2 aliphatic rings. The summed E-state index contributed by atoms with van der Waals surface area (Å²) in [5.41, 5.74) is 7.78. The van der Waals surface area contributed by atoms with Crippen LogP contribution < -0.4 is 10.9 Å². The zero-order valence-electron chi connectivity index (χ0n) is 13.2. The van der Waals surface area contributed by atoms with Crippen molar-refractivity contribution in [2.75, 3.05) is 32.7 Å². The molecule has 2 saturated heterocycles. The number of hydrogen-bond acceptors (Lipinski definition) is 4. The van der Waals surface area contributed by atoms with Crippen molar-refractivity contribution in [3.8, 4) is 0 Å². The second-order valence-electron chi connectivity index (χ2n) is 6.22. The van der Waals surface area contributed by atoms with Gasteiger partial charge in [-0.05, 0) is 30.2 Å². The largest absolute Gasteiger partial charge is 0.297 e. The van der Waals surface area contributed by atoms with Crippen LogP contribution in [-0.2, 0) is 11.3 Å². The molecule has 2 heterocycles. The van der Waals surface area contributed by atoms with E-state index in [0.29, 0.717) is 0 Å². The van der Waals surface area contributed by atoms with E-state index in [0.717, 1.165) is 44.8 Å². The number of nitrogens with zero attached hydrogens (tertiary/aromatic N) is 2. The first kappa shape index (κ1) is 16.8. The van der Waals surface area contributed by atoms with Crippen LogP contribution in [0.4, 0.5) is 4.39 Å². The maximum atomic E-state index is 13.2. The SMILES string of the molecule is Cc1cc(F)ccc1CN1CCN(C2CNNC(=O)C2Br)CC1. The van der Waals surface area contributed by atoms with Crippen molar-refractivity contribution in [1.29, 1.82) is 0 Å². The lowest BCUT2D eigenvalue weighted by atomic mass is 10.1. The summed E-state index contributed by atoms with van der Waals surface area (Å²) in [4.78, 5) is 16.3. The van der Waals surface area contributed by atoms with Crippen LogP contribution in [0.5, 0.6) is 0 Å². The Morgan fingerprint density at radius 3 is 2.74 bits per heavy atom. The van der Waals surface area contributed by atoms with E-state index in [1.54, 1.807) is 6.07 Å². The lowest BCUT2D eigenvalue weighted by Crippen LogP contribution is -2.64. The molecule has 0 aromatic heterocycles. The molecule has 0 aliphatic carbocycles. The Balaban J connectivity index is 1.55. The maximum Gasteiger partial charge on any atom is 0.249 e. The van der Waals surface area contributed by atoms with E-state index < -0.39 is 0 Å². The van der Waals surface area contributed by atoms with Gasteiger partial charge in [0.2, 0.25) is 5.91 Å². The number of hydrazine groups is 1. The van der Waals surface area contributed by atoms with Gasteiger partial charge in [-0.1, -0.05) is 22.0 Å². The second kappa shape index (κ2) is 7.25. The van der Waals surface area contributed by atoms with Crippen molar-refractivity contribution in [3.63, 3.8) is 0 Å². The normalized spacial score (nSPS) is 27.0. The molecule has 1 aromatic carbocycles. The van der Waals surface area contributed by atoms with Gasteiger partial charge in [-0.25, -0.2) is 9.82 Å². The van der Waals surface area contributed by atoms with Gasteiger partial charge in [-0.3, -0.25) is 20.0 Å². The summed E-state index contributed by atoms with van der Waals surface area (Å²) in [7, 11) is 0. The number of carbonyl (C=O) groups excluding carboxylic acids is 1. The molecule has 1 aromatic rings. The lowest BCUT2D eigenvalue weighted by molar-refractivity contribution is -0.124. The average molecular weight is 385 g/mol. The minimum atomic E-state index is -0.178. The van der Waals surface area contributed by atoms with Crippen molar-refractivity contribution in [3.05, 3.63) is 35.1 Å². The fraction of sp³-hybridized carbons (Fsp3) is 0.562.